The SMILES string of the molecule is Cc1ccccc1-c1nc2nc(C)c(CC(=O)N3CCC(C)CC3)c(C)n2n1. The van der Waals surface area contributed by atoms with Gasteiger partial charge in [0.05, 0.1) is 6.42 Å². The molecule has 1 aliphatic rings. The predicted octanol–water partition coefficient (Wildman–Crippen LogP) is 3.52. The molecule has 0 unspecified atom stereocenters. The lowest BCUT2D eigenvalue weighted by atomic mass is 9.98. The van der Waals surface area contributed by atoms with Crippen molar-refractivity contribution in [1.29, 1.82) is 0 Å². The molecule has 6 heteroatoms. The second kappa shape index (κ2) is 7.34. The monoisotopic (exact) mass is 377 g/mol. The van der Waals surface area contributed by atoms with E-state index in [0.717, 1.165) is 54.0 Å². The Hall–Kier alpha value is -2.76. The highest BCUT2D eigenvalue weighted by Crippen LogP contribution is 2.23. The first-order valence-electron chi connectivity index (χ1n) is 10.0. The number of likely N-dealkylation sites (tertiary alicyclic amines) is 1. The minimum absolute atomic E-state index is 0.179. The fourth-order valence-corrected chi connectivity index (χ4v) is 3.92. The zero-order valence-electron chi connectivity index (χ0n) is 17.1. The highest BCUT2D eigenvalue weighted by molar-refractivity contribution is 5.79. The van der Waals surface area contributed by atoms with Gasteiger partial charge in [0.1, 0.15) is 0 Å². The Morgan fingerprint density at radius 3 is 2.54 bits per heavy atom. The first-order chi connectivity index (χ1) is 13.4. The topological polar surface area (TPSA) is 63.4 Å². The van der Waals surface area contributed by atoms with E-state index >= 15 is 0 Å². The predicted molar refractivity (Wildman–Crippen MR) is 109 cm³/mol. The largest absolute Gasteiger partial charge is 0.342 e. The molecule has 28 heavy (non-hydrogen) atoms. The van der Waals surface area contributed by atoms with Crippen molar-refractivity contribution in [2.75, 3.05) is 13.1 Å². The number of benzene rings is 1. The molecule has 1 aromatic carbocycles. The Bertz CT molecular complexity index is 1030. The molecule has 0 saturated carbocycles. The van der Waals surface area contributed by atoms with Crippen LogP contribution in [0.5, 0.6) is 0 Å². The van der Waals surface area contributed by atoms with E-state index in [2.05, 4.69) is 29.9 Å². The molecule has 0 radical (unpaired) electrons. The van der Waals surface area contributed by atoms with Crippen LogP contribution in [-0.4, -0.2) is 43.5 Å². The van der Waals surface area contributed by atoms with Gasteiger partial charge >= 0.3 is 0 Å². The van der Waals surface area contributed by atoms with Crippen molar-refractivity contribution in [2.45, 2.75) is 47.0 Å². The van der Waals surface area contributed by atoms with Gasteiger partial charge in [0, 0.05) is 35.6 Å². The standard InChI is InChI=1S/C22H27N5O/c1-14-9-11-26(12-10-14)20(28)13-19-16(3)23-22-24-21(25-27(22)17(19)4)18-8-6-5-7-15(18)2/h5-8,14H,9-13H2,1-4H3. The van der Waals surface area contributed by atoms with Crippen molar-refractivity contribution in [1.82, 2.24) is 24.5 Å². The molecule has 1 saturated heterocycles. The quantitative estimate of drug-likeness (QED) is 0.701. The van der Waals surface area contributed by atoms with Gasteiger partial charge < -0.3 is 4.90 Å². The number of carbonyl (C=O) groups excluding carboxylic acids is 1. The van der Waals surface area contributed by atoms with Gasteiger partial charge in [-0.15, -0.1) is 5.10 Å². The van der Waals surface area contributed by atoms with E-state index < -0.39 is 0 Å². The number of hydrogen-bond acceptors (Lipinski definition) is 4. The summed E-state index contributed by atoms with van der Waals surface area (Å²) in [5.41, 5.74) is 4.88. The number of aromatic nitrogens is 4. The van der Waals surface area contributed by atoms with Crippen LogP contribution in [0.3, 0.4) is 0 Å². The molecule has 0 atom stereocenters. The first kappa shape index (κ1) is 18.6. The molecule has 4 rings (SSSR count). The summed E-state index contributed by atoms with van der Waals surface area (Å²) < 4.78 is 1.77. The van der Waals surface area contributed by atoms with E-state index in [1.54, 1.807) is 4.52 Å². The highest BCUT2D eigenvalue weighted by atomic mass is 16.2. The van der Waals surface area contributed by atoms with E-state index in [4.69, 9.17) is 5.10 Å². The van der Waals surface area contributed by atoms with Crippen molar-refractivity contribution in [3.05, 3.63) is 46.8 Å². The number of rotatable bonds is 3. The van der Waals surface area contributed by atoms with Gasteiger partial charge in [-0.05, 0) is 45.1 Å². The maximum atomic E-state index is 12.8. The maximum absolute atomic E-state index is 12.8. The zero-order valence-corrected chi connectivity index (χ0v) is 17.1. The summed E-state index contributed by atoms with van der Waals surface area (Å²) in [6.07, 6.45) is 2.54. The Morgan fingerprint density at radius 1 is 1.11 bits per heavy atom. The van der Waals surface area contributed by atoms with Crippen LogP contribution in [0.1, 0.15) is 42.3 Å². The average Bonchev–Trinajstić information content (AvgIpc) is 3.09. The fraction of sp³-hybridized carbons (Fsp3) is 0.455. The number of carbonyl (C=O) groups is 1. The molecule has 3 aromatic rings. The minimum atomic E-state index is 0.179. The van der Waals surface area contributed by atoms with Crippen LogP contribution >= 0.6 is 0 Å². The number of aryl methyl sites for hydroxylation is 3. The van der Waals surface area contributed by atoms with Crippen molar-refractivity contribution in [2.24, 2.45) is 5.92 Å². The van der Waals surface area contributed by atoms with E-state index in [-0.39, 0.29) is 5.91 Å². The lowest BCUT2D eigenvalue weighted by Crippen LogP contribution is -2.39. The number of nitrogens with zero attached hydrogens (tertiary/aromatic N) is 5. The molecule has 2 aromatic heterocycles. The molecule has 1 fully saturated rings. The van der Waals surface area contributed by atoms with Gasteiger partial charge in [-0.1, -0.05) is 31.2 Å². The van der Waals surface area contributed by atoms with E-state index in [0.29, 0.717) is 23.9 Å². The lowest BCUT2D eigenvalue weighted by Gasteiger charge is -2.30. The van der Waals surface area contributed by atoms with E-state index in [1.165, 1.54) is 0 Å². The van der Waals surface area contributed by atoms with Crippen molar-refractivity contribution >= 4 is 11.7 Å². The molecule has 146 valence electrons. The molecule has 1 aliphatic heterocycles. The Labute approximate surface area is 165 Å². The number of fused-ring (bicyclic) bond motifs is 1. The van der Waals surface area contributed by atoms with Crippen LogP contribution in [0.15, 0.2) is 24.3 Å². The summed E-state index contributed by atoms with van der Waals surface area (Å²) in [6, 6.07) is 8.07. The van der Waals surface area contributed by atoms with Gasteiger partial charge in [-0.3, -0.25) is 4.79 Å². The van der Waals surface area contributed by atoms with Crippen LogP contribution in [0.2, 0.25) is 0 Å². The van der Waals surface area contributed by atoms with Gasteiger partial charge in [0.25, 0.3) is 5.78 Å². The molecular formula is C22H27N5O. The zero-order chi connectivity index (χ0) is 19.8. The molecule has 0 spiro atoms. The van der Waals surface area contributed by atoms with Crippen molar-refractivity contribution in [3.8, 4) is 11.4 Å². The van der Waals surface area contributed by atoms with Gasteiger partial charge in [0.2, 0.25) is 5.91 Å². The molecule has 0 bridgehead atoms. The second-order valence-corrected chi connectivity index (χ2v) is 7.96. The number of hydrogen-bond donors (Lipinski definition) is 0. The molecular weight excluding hydrogens is 350 g/mol. The molecule has 3 heterocycles. The summed E-state index contributed by atoms with van der Waals surface area (Å²) >= 11 is 0. The third-order valence-corrected chi connectivity index (χ3v) is 5.90. The second-order valence-electron chi connectivity index (χ2n) is 7.96. The summed E-state index contributed by atoms with van der Waals surface area (Å²) in [5.74, 6) is 2.14. The fourth-order valence-electron chi connectivity index (χ4n) is 3.92. The smallest absolute Gasteiger partial charge is 0.253 e. The Morgan fingerprint density at radius 2 is 1.82 bits per heavy atom. The number of amides is 1. The third kappa shape index (κ3) is 3.39. The molecule has 6 nitrogen and oxygen atoms in total. The van der Waals surface area contributed by atoms with E-state index in [9.17, 15) is 4.79 Å². The Kier molecular flexibility index (Phi) is 4.87. The summed E-state index contributed by atoms with van der Waals surface area (Å²) in [4.78, 5) is 24.1. The van der Waals surface area contributed by atoms with Crippen LogP contribution in [0, 0.1) is 26.7 Å². The van der Waals surface area contributed by atoms with Crippen LogP contribution in [-0.2, 0) is 11.2 Å². The van der Waals surface area contributed by atoms with Gasteiger partial charge in [0.15, 0.2) is 5.82 Å². The first-order valence-corrected chi connectivity index (χ1v) is 10.0. The van der Waals surface area contributed by atoms with Gasteiger partial charge in [-0.2, -0.15) is 4.98 Å². The van der Waals surface area contributed by atoms with Gasteiger partial charge in [-0.25, -0.2) is 9.50 Å². The third-order valence-electron chi connectivity index (χ3n) is 5.90. The minimum Gasteiger partial charge on any atom is -0.342 e. The molecule has 1 amide bonds. The average molecular weight is 377 g/mol. The Balaban J connectivity index is 1.66. The molecule has 0 aliphatic carbocycles. The highest BCUT2D eigenvalue weighted by Gasteiger charge is 2.23. The summed E-state index contributed by atoms with van der Waals surface area (Å²) in [6.45, 7) is 9.97. The van der Waals surface area contributed by atoms with E-state index in [1.807, 2.05) is 36.9 Å². The number of piperidine rings is 1. The van der Waals surface area contributed by atoms with Crippen molar-refractivity contribution < 1.29 is 4.79 Å². The maximum Gasteiger partial charge on any atom is 0.253 e. The lowest BCUT2D eigenvalue weighted by molar-refractivity contribution is -0.131. The normalized spacial score (nSPS) is 15.4. The van der Waals surface area contributed by atoms with Crippen LogP contribution < -0.4 is 0 Å². The summed E-state index contributed by atoms with van der Waals surface area (Å²) in [5, 5.41) is 4.69. The van der Waals surface area contributed by atoms with Crippen molar-refractivity contribution in [3.63, 3.8) is 0 Å². The van der Waals surface area contributed by atoms with Crippen LogP contribution in [0.4, 0.5) is 0 Å². The summed E-state index contributed by atoms with van der Waals surface area (Å²) in [7, 11) is 0. The molecule has 0 N–H and O–H groups in total. The van der Waals surface area contributed by atoms with Crippen LogP contribution in [0.25, 0.3) is 17.2 Å².